The number of nitrogens with two attached hydrogens (primary N) is 1. The SMILES string of the molecule is C=CCNC(=O)C(C)Oc1ccc2c(c1)C(N)CCC2. The predicted molar refractivity (Wildman–Crippen MR) is 79.6 cm³/mol. The standard InChI is InChI=1S/C16H22N2O2/c1-3-9-18-16(19)11(2)20-13-8-7-12-5-4-6-15(17)14(12)10-13/h3,7-8,10-11,15H,1,4-6,9,17H2,2H3,(H,18,19). The Balaban J connectivity index is 2.04. The number of carbonyl (C=O) groups is 1. The minimum absolute atomic E-state index is 0.0761. The summed E-state index contributed by atoms with van der Waals surface area (Å²) in [6, 6.07) is 6.01. The summed E-state index contributed by atoms with van der Waals surface area (Å²) in [4.78, 5) is 11.8. The lowest BCUT2D eigenvalue weighted by atomic mass is 9.88. The summed E-state index contributed by atoms with van der Waals surface area (Å²) < 4.78 is 5.69. The third-order valence-electron chi connectivity index (χ3n) is 3.58. The summed E-state index contributed by atoms with van der Waals surface area (Å²) in [5.41, 5.74) is 8.56. The highest BCUT2D eigenvalue weighted by Gasteiger charge is 2.19. The maximum atomic E-state index is 11.8. The number of fused-ring (bicyclic) bond motifs is 1. The molecule has 1 aliphatic rings. The topological polar surface area (TPSA) is 64.3 Å². The zero-order chi connectivity index (χ0) is 14.5. The van der Waals surface area contributed by atoms with Crippen LogP contribution in [0.2, 0.25) is 0 Å². The summed E-state index contributed by atoms with van der Waals surface area (Å²) in [6.45, 7) is 5.74. The predicted octanol–water partition coefficient (Wildman–Crippen LogP) is 2.09. The van der Waals surface area contributed by atoms with Crippen LogP contribution in [0.5, 0.6) is 5.75 Å². The molecule has 2 atom stereocenters. The van der Waals surface area contributed by atoms with Gasteiger partial charge in [-0.2, -0.15) is 0 Å². The summed E-state index contributed by atoms with van der Waals surface area (Å²) in [6.07, 6.45) is 4.31. The van der Waals surface area contributed by atoms with Crippen molar-refractivity contribution in [2.75, 3.05) is 6.54 Å². The van der Waals surface area contributed by atoms with Crippen LogP contribution in [0.4, 0.5) is 0 Å². The molecule has 0 spiro atoms. The van der Waals surface area contributed by atoms with Crippen molar-refractivity contribution in [1.29, 1.82) is 0 Å². The van der Waals surface area contributed by atoms with E-state index < -0.39 is 6.10 Å². The molecular formula is C16H22N2O2. The second kappa shape index (κ2) is 6.57. The minimum Gasteiger partial charge on any atom is -0.481 e. The van der Waals surface area contributed by atoms with E-state index in [1.54, 1.807) is 13.0 Å². The Morgan fingerprint density at radius 2 is 2.45 bits per heavy atom. The number of hydrogen-bond acceptors (Lipinski definition) is 3. The molecule has 4 heteroatoms. The minimum atomic E-state index is -0.534. The maximum absolute atomic E-state index is 11.8. The van der Waals surface area contributed by atoms with Gasteiger partial charge in [-0.3, -0.25) is 4.79 Å². The second-order valence-corrected chi connectivity index (χ2v) is 5.15. The Morgan fingerprint density at radius 3 is 3.20 bits per heavy atom. The lowest BCUT2D eigenvalue weighted by Crippen LogP contribution is -2.36. The van der Waals surface area contributed by atoms with Crippen LogP contribution in [0.3, 0.4) is 0 Å². The Labute approximate surface area is 120 Å². The van der Waals surface area contributed by atoms with Gasteiger partial charge in [0.1, 0.15) is 5.75 Å². The van der Waals surface area contributed by atoms with Crippen molar-refractivity contribution in [3.05, 3.63) is 42.0 Å². The van der Waals surface area contributed by atoms with Crippen molar-refractivity contribution in [3.8, 4) is 5.75 Å². The molecular weight excluding hydrogens is 252 g/mol. The van der Waals surface area contributed by atoms with Crippen LogP contribution in [0.15, 0.2) is 30.9 Å². The number of ether oxygens (including phenoxy) is 1. The number of benzene rings is 1. The molecule has 0 aliphatic heterocycles. The maximum Gasteiger partial charge on any atom is 0.261 e. The van der Waals surface area contributed by atoms with Crippen molar-refractivity contribution in [2.24, 2.45) is 5.73 Å². The van der Waals surface area contributed by atoms with Gasteiger partial charge < -0.3 is 15.8 Å². The first-order valence-corrected chi connectivity index (χ1v) is 7.05. The normalized spacial score (nSPS) is 18.8. The van der Waals surface area contributed by atoms with Gasteiger partial charge in [-0.1, -0.05) is 12.1 Å². The lowest BCUT2D eigenvalue weighted by molar-refractivity contribution is -0.127. The van der Waals surface area contributed by atoms with Crippen LogP contribution in [-0.2, 0) is 11.2 Å². The van der Waals surface area contributed by atoms with Gasteiger partial charge in [0.05, 0.1) is 0 Å². The Bertz CT molecular complexity index is 499. The highest BCUT2D eigenvalue weighted by molar-refractivity contribution is 5.80. The fraction of sp³-hybridized carbons (Fsp3) is 0.438. The van der Waals surface area contributed by atoms with Crippen LogP contribution >= 0.6 is 0 Å². The van der Waals surface area contributed by atoms with Gasteiger partial charge in [0.15, 0.2) is 6.10 Å². The van der Waals surface area contributed by atoms with Gasteiger partial charge in [0, 0.05) is 12.6 Å². The molecule has 20 heavy (non-hydrogen) atoms. The number of rotatable bonds is 5. The van der Waals surface area contributed by atoms with E-state index in [-0.39, 0.29) is 11.9 Å². The Hall–Kier alpha value is -1.81. The number of amides is 1. The molecule has 0 bridgehead atoms. The van der Waals surface area contributed by atoms with Crippen LogP contribution in [0, 0.1) is 0 Å². The van der Waals surface area contributed by atoms with Crippen molar-refractivity contribution in [2.45, 2.75) is 38.3 Å². The van der Waals surface area contributed by atoms with Crippen molar-refractivity contribution >= 4 is 5.91 Å². The Morgan fingerprint density at radius 1 is 1.65 bits per heavy atom. The molecule has 0 aromatic heterocycles. The molecule has 2 rings (SSSR count). The first-order chi connectivity index (χ1) is 9.61. The fourth-order valence-corrected chi connectivity index (χ4v) is 2.46. The number of hydrogen-bond donors (Lipinski definition) is 2. The second-order valence-electron chi connectivity index (χ2n) is 5.15. The van der Waals surface area contributed by atoms with Gasteiger partial charge in [-0.25, -0.2) is 0 Å². The number of nitrogens with one attached hydrogen (secondary N) is 1. The smallest absolute Gasteiger partial charge is 0.261 e. The molecule has 0 fully saturated rings. The van der Waals surface area contributed by atoms with Gasteiger partial charge >= 0.3 is 0 Å². The van der Waals surface area contributed by atoms with E-state index in [0.29, 0.717) is 12.3 Å². The molecule has 0 heterocycles. The van der Waals surface area contributed by atoms with E-state index in [1.807, 2.05) is 12.1 Å². The van der Waals surface area contributed by atoms with Crippen molar-refractivity contribution in [1.82, 2.24) is 5.32 Å². The molecule has 0 radical (unpaired) electrons. The zero-order valence-electron chi connectivity index (χ0n) is 11.9. The largest absolute Gasteiger partial charge is 0.481 e. The van der Waals surface area contributed by atoms with Crippen molar-refractivity contribution < 1.29 is 9.53 Å². The first kappa shape index (κ1) is 14.6. The fourth-order valence-electron chi connectivity index (χ4n) is 2.46. The van der Waals surface area contributed by atoms with E-state index in [1.165, 1.54) is 5.56 Å². The molecule has 1 aromatic rings. The van der Waals surface area contributed by atoms with E-state index in [0.717, 1.165) is 24.8 Å². The lowest BCUT2D eigenvalue weighted by Gasteiger charge is -2.23. The monoisotopic (exact) mass is 274 g/mol. The van der Waals surface area contributed by atoms with Gasteiger partial charge in [-0.15, -0.1) is 6.58 Å². The summed E-state index contributed by atoms with van der Waals surface area (Å²) in [5, 5.41) is 2.72. The quantitative estimate of drug-likeness (QED) is 0.808. The Kier molecular flexibility index (Phi) is 4.79. The average Bonchev–Trinajstić information content (AvgIpc) is 2.45. The van der Waals surface area contributed by atoms with Crippen LogP contribution in [0.25, 0.3) is 0 Å². The molecule has 2 unspecified atom stereocenters. The molecule has 1 amide bonds. The summed E-state index contributed by atoms with van der Waals surface area (Å²) in [7, 11) is 0. The molecule has 108 valence electrons. The summed E-state index contributed by atoms with van der Waals surface area (Å²) in [5.74, 6) is 0.550. The molecule has 4 nitrogen and oxygen atoms in total. The molecule has 0 saturated heterocycles. The average molecular weight is 274 g/mol. The molecule has 3 N–H and O–H groups in total. The van der Waals surface area contributed by atoms with E-state index in [2.05, 4.69) is 18.0 Å². The number of aryl methyl sites for hydroxylation is 1. The third kappa shape index (κ3) is 3.39. The molecule has 0 saturated carbocycles. The first-order valence-electron chi connectivity index (χ1n) is 7.05. The van der Waals surface area contributed by atoms with Crippen LogP contribution < -0.4 is 15.8 Å². The highest BCUT2D eigenvalue weighted by atomic mass is 16.5. The third-order valence-corrected chi connectivity index (χ3v) is 3.58. The number of carbonyl (C=O) groups excluding carboxylic acids is 1. The van der Waals surface area contributed by atoms with E-state index in [9.17, 15) is 4.79 Å². The van der Waals surface area contributed by atoms with Gasteiger partial charge in [0.25, 0.3) is 5.91 Å². The zero-order valence-corrected chi connectivity index (χ0v) is 11.9. The van der Waals surface area contributed by atoms with E-state index >= 15 is 0 Å². The van der Waals surface area contributed by atoms with Gasteiger partial charge in [-0.05, 0) is 49.4 Å². The highest BCUT2D eigenvalue weighted by Crippen LogP contribution is 2.31. The molecule has 1 aromatic carbocycles. The van der Waals surface area contributed by atoms with Crippen molar-refractivity contribution in [3.63, 3.8) is 0 Å². The molecule has 1 aliphatic carbocycles. The van der Waals surface area contributed by atoms with Gasteiger partial charge in [0.2, 0.25) is 0 Å². The summed E-state index contributed by atoms with van der Waals surface area (Å²) >= 11 is 0. The van der Waals surface area contributed by atoms with Crippen LogP contribution in [-0.4, -0.2) is 18.6 Å². The van der Waals surface area contributed by atoms with Crippen LogP contribution in [0.1, 0.15) is 36.9 Å². The van der Waals surface area contributed by atoms with E-state index in [4.69, 9.17) is 10.5 Å².